The van der Waals surface area contributed by atoms with Crippen LogP contribution in [-0.4, -0.2) is 43.8 Å². The Morgan fingerprint density at radius 2 is 1.52 bits per heavy atom. The van der Waals surface area contributed by atoms with Crippen LogP contribution in [0.3, 0.4) is 0 Å². The number of carbonyl (C=O) groups is 2. The third kappa shape index (κ3) is 8.49. The Morgan fingerprint density at radius 3 is 2.15 bits per heavy atom. The van der Waals surface area contributed by atoms with E-state index in [-0.39, 0.29) is 29.8 Å². The molecular weight excluding hydrogens is 641 g/mol. The van der Waals surface area contributed by atoms with Gasteiger partial charge in [-0.2, -0.15) is 0 Å². The lowest BCUT2D eigenvalue weighted by molar-refractivity contribution is -0.140. The first-order chi connectivity index (χ1) is 21.9. The van der Waals surface area contributed by atoms with Crippen LogP contribution in [0.25, 0.3) is 0 Å². The number of aryl methyl sites for hydroxylation is 1. The van der Waals surface area contributed by atoms with Crippen LogP contribution in [0, 0.1) is 13.8 Å². The maximum Gasteiger partial charge on any atom is 0.264 e. The average Bonchev–Trinajstić information content (AvgIpc) is 3.04. The Bertz CT molecular complexity index is 1770. The van der Waals surface area contributed by atoms with Gasteiger partial charge >= 0.3 is 0 Å². The zero-order valence-corrected chi connectivity index (χ0v) is 28.7. The van der Waals surface area contributed by atoms with Crippen molar-refractivity contribution >= 4 is 50.7 Å². The zero-order chi connectivity index (χ0) is 33.4. The van der Waals surface area contributed by atoms with Crippen molar-refractivity contribution < 1.29 is 18.0 Å². The summed E-state index contributed by atoms with van der Waals surface area (Å²) in [6, 6.07) is 26.6. The SMILES string of the molecule is CC[C@H](C)NC(=O)[C@H](Cc1ccccc1)N(Cc1ccc(Cl)cc1Cl)C(=O)CN(c1cccc(C)c1C)S(=O)(=O)c1ccccc1. The predicted octanol–water partition coefficient (Wildman–Crippen LogP) is 7.36. The first-order valence-electron chi connectivity index (χ1n) is 15.1. The number of hydrogen-bond donors (Lipinski definition) is 1. The Morgan fingerprint density at radius 1 is 0.870 bits per heavy atom. The molecule has 4 aromatic carbocycles. The summed E-state index contributed by atoms with van der Waals surface area (Å²) in [6.45, 7) is 6.98. The number of benzene rings is 4. The maximum absolute atomic E-state index is 14.6. The minimum atomic E-state index is -4.19. The highest BCUT2D eigenvalue weighted by Gasteiger charge is 2.35. The minimum Gasteiger partial charge on any atom is -0.352 e. The van der Waals surface area contributed by atoms with Crippen molar-refractivity contribution in [1.82, 2.24) is 10.2 Å². The molecule has 4 rings (SSSR count). The molecule has 0 spiro atoms. The minimum absolute atomic E-state index is 0.0475. The van der Waals surface area contributed by atoms with E-state index < -0.39 is 28.5 Å². The van der Waals surface area contributed by atoms with Gasteiger partial charge in [0.25, 0.3) is 10.0 Å². The van der Waals surface area contributed by atoms with Gasteiger partial charge < -0.3 is 10.2 Å². The number of anilines is 1. The summed E-state index contributed by atoms with van der Waals surface area (Å²) in [4.78, 5) is 30.1. The molecular formula is C36H39Cl2N3O4S. The molecule has 0 aromatic heterocycles. The van der Waals surface area contributed by atoms with Crippen LogP contribution in [0.4, 0.5) is 5.69 Å². The molecule has 4 aromatic rings. The quantitative estimate of drug-likeness (QED) is 0.160. The normalized spacial score (nSPS) is 12.7. The third-order valence-corrected chi connectivity index (χ3v) is 10.4. The number of rotatable bonds is 13. The number of carbonyl (C=O) groups excluding carboxylic acids is 2. The van der Waals surface area contributed by atoms with Crippen LogP contribution in [0.5, 0.6) is 0 Å². The fraction of sp³-hybridized carbons (Fsp3) is 0.278. The highest BCUT2D eigenvalue weighted by atomic mass is 35.5. The summed E-state index contributed by atoms with van der Waals surface area (Å²) < 4.78 is 29.6. The second-order valence-electron chi connectivity index (χ2n) is 11.3. The summed E-state index contributed by atoms with van der Waals surface area (Å²) >= 11 is 12.8. The van der Waals surface area contributed by atoms with Crippen molar-refractivity contribution in [2.45, 2.75) is 64.1 Å². The molecule has 0 saturated heterocycles. The van der Waals surface area contributed by atoms with Crippen molar-refractivity contribution in [2.24, 2.45) is 0 Å². The second kappa shape index (κ2) is 15.6. The number of nitrogens with one attached hydrogen (secondary N) is 1. The number of sulfonamides is 1. The summed E-state index contributed by atoms with van der Waals surface area (Å²) in [5, 5.41) is 3.79. The van der Waals surface area contributed by atoms with Crippen LogP contribution in [0.1, 0.15) is 42.5 Å². The van der Waals surface area contributed by atoms with Gasteiger partial charge in [0.05, 0.1) is 10.6 Å². The van der Waals surface area contributed by atoms with E-state index in [1.807, 2.05) is 64.1 Å². The van der Waals surface area contributed by atoms with Gasteiger partial charge in [0, 0.05) is 29.1 Å². The molecule has 0 heterocycles. The highest BCUT2D eigenvalue weighted by molar-refractivity contribution is 7.92. The molecule has 0 unspecified atom stereocenters. The molecule has 1 N–H and O–H groups in total. The largest absolute Gasteiger partial charge is 0.352 e. The smallest absolute Gasteiger partial charge is 0.264 e. The summed E-state index contributed by atoms with van der Waals surface area (Å²) in [6.07, 6.45) is 0.894. The molecule has 0 aliphatic heterocycles. The van der Waals surface area contributed by atoms with Gasteiger partial charge in [-0.15, -0.1) is 0 Å². The van der Waals surface area contributed by atoms with Crippen LogP contribution < -0.4 is 9.62 Å². The van der Waals surface area contributed by atoms with Gasteiger partial charge in [0.1, 0.15) is 12.6 Å². The first-order valence-corrected chi connectivity index (χ1v) is 17.3. The van der Waals surface area contributed by atoms with Crippen molar-refractivity contribution in [3.8, 4) is 0 Å². The molecule has 46 heavy (non-hydrogen) atoms. The summed E-state index contributed by atoms with van der Waals surface area (Å²) in [5.41, 5.74) is 3.38. The molecule has 242 valence electrons. The van der Waals surface area contributed by atoms with Crippen LogP contribution in [0.15, 0.2) is 102 Å². The average molecular weight is 681 g/mol. The van der Waals surface area contributed by atoms with Gasteiger partial charge in [-0.1, -0.05) is 96.9 Å². The van der Waals surface area contributed by atoms with E-state index in [9.17, 15) is 18.0 Å². The van der Waals surface area contributed by atoms with E-state index >= 15 is 0 Å². The van der Waals surface area contributed by atoms with Gasteiger partial charge in [0.2, 0.25) is 11.8 Å². The Balaban J connectivity index is 1.85. The lowest BCUT2D eigenvalue weighted by atomic mass is 10.0. The van der Waals surface area contributed by atoms with E-state index in [4.69, 9.17) is 23.2 Å². The molecule has 0 bridgehead atoms. The number of amides is 2. The highest BCUT2D eigenvalue weighted by Crippen LogP contribution is 2.30. The van der Waals surface area contributed by atoms with E-state index in [1.54, 1.807) is 48.5 Å². The number of nitrogens with zero attached hydrogens (tertiary/aromatic N) is 2. The van der Waals surface area contributed by atoms with Crippen molar-refractivity contribution in [3.05, 3.63) is 129 Å². The van der Waals surface area contributed by atoms with Crippen molar-refractivity contribution in [1.29, 1.82) is 0 Å². The lowest BCUT2D eigenvalue weighted by Gasteiger charge is -2.35. The Kier molecular flexibility index (Phi) is 11.9. The van der Waals surface area contributed by atoms with Crippen LogP contribution in [-0.2, 0) is 32.6 Å². The molecule has 0 aliphatic carbocycles. The van der Waals surface area contributed by atoms with Gasteiger partial charge in [-0.25, -0.2) is 8.42 Å². The first kappa shape index (κ1) is 35.0. The van der Waals surface area contributed by atoms with E-state index in [1.165, 1.54) is 17.0 Å². The Hall–Kier alpha value is -3.85. The van der Waals surface area contributed by atoms with Gasteiger partial charge in [-0.3, -0.25) is 13.9 Å². The molecule has 2 amide bonds. The van der Waals surface area contributed by atoms with Crippen LogP contribution >= 0.6 is 23.2 Å². The maximum atomic E-state index is 14.6. The topological polar surface area (TPSA) is 86.8 Å². The van der Waals surface area contributed by atoms with Crippen molar-refractivity contribution in [2.75, 3.05) is 10.8 Å². The summed E-state index contributed by atoms with van der Waals surface area (Å²) in [5.74, 6) is -0.910. The molecule has 7 nitrogen and oxygen atoms in total. The molecule has 0 radical (unpaired) electrons. The predicted molar refractivity (Wildman–Crippen MR) is 186 cm³/mol. The monoisotopic (exact) mass is 679 g/mol. The molecule has 0 aliphatic rings. The molecule has 0 saturated carbocycles. The zero-order valence-electron chi connectivity index (χ0n) is 26.4. The number of hydrogen-bond acceptors (Lipinski definition) is 4. The molecule has 2 atom stereocenters. The van der Waals surface area contributed by atoms with E-state index in [2.05, 4.69) is 5.32 Å². The lowest BCUT2D eigenvalue weighted by Crippen LogP contribution is -2.54. The standard InChI is InChI=1S/C36H39Cl2N3O4S/c1-5-26(3)39-36(43)34(21-28-14-8-6-9-15-28)40(23-29-19-20-30(37)22-32(29)38)35(42)24-41(33-18-12-13-25(2)27(33)4)46(44,45)31-16-10-7-11-17-31/h6-20,22,26,34H,5,21,23-24H2,1-4H3,(H,39,43)/t26-,34-/m0/s1. The van der Waals surface area contributed by atoms with E-state index in [0.717, 1.165) is 21.0 Å². The van der Waals surface area contributed by atoms with Gasteiger partial charge in [-0.05, 0) is 79.8 Å². The van der Waals surface area contributed by atoms with E-state index in [0.29, 0.717) is 27.7 Å². The number of halogens is 2. The van der Waals surface area contributed by atoms with Gasteiger partial charge in [0.15, 0.2) is 0 Å². The second-order valence-corrected chi connectivity index (χ2v) is 14.0. The summed E-state index contributed by atoms with van der Waals surface area (Å²) in [7, 11) is -4.19. The fourth-order valence-electron chi connectivity index (χ4n) is 5.07. The fourth-order valence-corrected chi connectivity index (χ4v) is 7.03. The van der Waals surface area contributed by atoms with Crippen molar-refractivity contribution in [3.63, 3.8) is 0 Å². The molecule has 10 heteroatoms. The Labute approximate surface area is 282 Å². The third-order valence-electron chi connectivity index (χ3n) is 8.08. The van der Waals surface area contributed by atoms with Crippen LogP contribution in [0.2, 0.25) is 10.0 Å². The molecule has 0 fully saturated rings.